The topological polar surface area (TPSA) is 15.3 Å². The van der Waals surface area contributed by atoms with Crippen molar-refractivity contribution >= 4 is 17.2 Å². The summed E-state index contributed by atoms with van der Waals surface area (Å²) in [5.41, 5.74) is 0. The van der Waals surface area contributed by atoms with Gasteiger partial charge in [0, 0.05) is 6.54 Å². The van der Waals surface area contributed by atoms with E-state index in [-0.39, 0.29) is 0 Å². The smallest absolute Gasteiger partial charge is 0.0753 e. The first-order chi connectivity index (χ1) is 15.2. The fourth-order valence-electron chi connectivity index (χ4n) is 4.35. The van der Waals surface area contributed by atoms with Gasteiger partial charge in [-0.05, 0) is 38.9 Å². The van der Waals surface area contributed by atoms with Gasteiger partial charge in [-0.2, -0.15) is 0 Å². The number of thiocarbonyl (C=S) groups is 1. The van der Waals surface area contributed by atoms with E-state index in [4.69, 9.17) is 12.2 Å². The fourth-order valence-corrected chi connectivity index (χ4v) is 4.59. The van der Waals surface area contributed by atoms with Crippen LogP contribution in [0, 0.1) is 0 Å². The molecule has 0 aliphatic rings. The Labute approximate surface area is 202 Å². The Balaban J connectivity index is 3.17. The SMILES string of the molecule is CCCCCCCCCCCCCCCCCCCCC(=S)NCCCN(CC)CC. The van der Waals surface area contributed by atoms with Crippen LogP contribution >= 0.6 is 12.2 Å². The lowest BCUT2D eigenvalue weighted by Crippen LogP contribution is -2.29. The van der Waals surface area contributed by atoms with Crippen LogP contribution in [0.4, 0.5) is 0 Å². The predicted molar refractivity (Wildman–Crippen MR) is 146 cm³/mol. The standard InChI is InChI=1S/C28H58N2S/c1-4-7-8-9-10-11-12-13-14-15-16-17-18-19-20-21-22-23-25-28(31)29-26-24-27-30(5-2)6-3/h4-27H2,1-3H3,(H,29,31). The van der Waals surface area contributed by atoms with Gasteiger partial charge in [0.05, 0.1) is 4.99 Å². The number of hydrogen-bond acceptors (Lipinski definition) is 2. The summed E-state index contributed by atoms with van der Waals surface area (Å²) in [6.45, 7) is 11.3. The van der Waals surface area contributed by atoms with Crippen LogP contribution in [-0.2, 0) is 0 Å². The van der Waals surface area contributed by atoms with Crippen molar-refractivity contribution in [3.05, 3.63) is 0 Å². The largest absolute Gasteiger partial charge is 0.380 e. The molecule has 0 heterocycles. The molecule has 0 spiro atoms. The molecular weight excluding hydrogens is 396 g/mol. The third-order valence-electron chi connectivity index (χ3n) is 6.63. The highest BCUT2D eigenvalue weighted by Gasteiger charge is 2.00. The molecule has 0 radical (unpaired) electrons. The quantitative estimate of drug-likeness (QED) is 0.109. The summed E-state index contributed by atoms with van der Waals surface area (Å²) in [5, 5.41) is 3.45. The normalized spacial score (nSPS) is 11.4. The van der Waals surface area contributed by atoms with E-state index in [1.807, 2.05) is 0 Å². The highest BCUT2D eigenvalue weighted by Crippen LogP contribution is 2.14. The lowest BCUT2D eigenvalue weighted by Gasteiger charge is -2.18. The summed E-state index contributed by atoms with van der Waals surface area (Å²) in [5.74, 6) is 0. The van der Waals surface area contributed by atoms with Gasteiger partial charge >= 0.3 is 0 Å². The van der Waals surface area contributed by atoms with E-state index in [9.17, 15) is 0 Å². The molecule has 0 rings (SSSR count). The molecular formula is C28H58N2S. The maximum atomic E-state index is 5.48. The van der Waals surface area contributed by atoms with E-state index in [0.717, 1.165) is 31.0 Å². The third kappa shape index (κ3) is 24.3. The maximum Gasteiger partial charge on any atom is 0.0753 e. The van der Waals surface area contributed by atoms with Gasteiger partial charge < -0.3 is 10.2 Å². The number of nitrogens with one attached hydrogen (secondary N) is 1. The van der Waals surface area contributed by atoms with E-state index >= 15 is 0 Å². The molecule has 0 aliphatic carbocycles. The second-order valence-electron chi connectivity index (χ2n) is 9.49. The van der Waals surface area contributed by atoms with Crippen LogP contribution in [0.15, 0.2) is 0 Å². The summed E-state index contributed by atoms with van der Waals surface area (Å²) in [7, 11) is 0. The zero-order valence-corrected chi connectivity index (χ0v) is 22.6. The minimum absolute atomic E-state index is 1.04. The Kier molecular flexibility index (Phi) is 26.0. The molecule has 186 valence electrons. The van der Waals surface area contributed by atoms with Gasteiger partial charge in [-0.15, -0.1) is 0 Å². The molecule has 0 aliphatic heterocycles. The van der Waals surface area contributed by atoms with E-state index < -0.39 is 0 Å². The van der Waals surface area contributed by atoms with Gasteiger partial charge in [-0.25, -0.2) is 0 Å². The minimum atomic E-state index is 1.04. The maximum absolute atomic E-state index is 5.48. The van der Waals surface area contributed by atoms with Crippen molar-refractivity contribution in [1.82, 2.24) is 10.2 Å². The van der Waals surface area contributed by atoms with E-state index in [1.54, 1.807) is 0 Å². The van der Waals surface area contributed by atoms with Crippen LogP contribution in [0.2, 0.25) is 0 Å². The number of nitrogens with zero attached hydrogens (tertiary/aromatic N) is 1. The van der Waals surface area contributed by atoms with Crippen molar-refractivity contribution in [1.29, 1.82) is 0 Å². The highest BCUT2D eigenvalue weighted by atomic mass is 32.1. The van der Waals surface area contributed by atoms with Crippen molar-refractivity contribution in [3.8, 4) is 0 Å². The first-order valence-corrected chi connectivity index (χ1v) is 14.6. The summed E-state index contributed by atoms with van der Waals surface area (Å²) in [6.07, 6.45) is 28.1. The van der Waals surface area contributed by atoms with Crippen molar-refractivity contribution in [2.75, 3.05) is 26.2 Å². The van der Waals surface area contributed by atoms with Crippen molar-refractivity contribution in [3.63, 3.8) is 0 Å². The molecule has 0 unspecified atom stereocenters. The Hall–Kier alpha value is -0.150. The van der Waals surface area contributed by atoms with Crippen molar-refractivity contribution in [2.24, 2.45) is 0 Å². The van der Waals surface area contributed by atoms with Gasteiger partial charge in [0.2, 0.25) is 0 Å². The predicted octanol–water partition coefficient (Wildman–Crippen LogP) is 9.07. The molecule has 0 aromatic carbocycles. The molecule has 0 aromatic heterocycles. The molecule has 1 N–H and O–H groups in total. The zero-order valence-electron chi connectivity index (χ0n) is 21.8. The molecule has 3 heteroatoms. The lowest BCUT2D eigenvalue weighted by molar-refractivity contribution is 0.300. The molecule has 0 atom stereocenters. The summed E-state index contributed by atoms with van der Waals surface area (Å²) in [6, 6.07) is 0. The third-order valence-corrected chi connectivity index (χ3v) is 6.97. The number of rotatable bonds is 25. The first kappa shape index (κ1) is 30.9. The Morgan fingerprint density at radius 1 is 0.548 bits per heavy atom. The monoisotopic (exact) mass is 454 g/mol. The zero-order chi connectivity index (χ0) is 22.8. The van der Waals surface area contributed by atoms with Crippen LogP contribution in [0.1, 0.15) is 149 Å². The second-order valence-corrected chi connectivity index (χ2v) is 9.98. The lowest BCUT2D eigenvalue weighted by atomic mass is 10.0. The van der Waals surface area contributed by atoms with E-state index in [2.05, 4.69) is 31.0 Å². The molecule has 0 bridgehead atoms. The molecule has 0 saturated carbocycles. The molecule has 0 aromatic rings. The van der Waals surface area contributed by atoms with Crippen molar-refractivity contribution < 1.29 is 0 Å². The molecule has 0 amide bonds. The number of hydrogen-bond donors (Lipinski definition) is 1. The van der Waals surface area contributed by atoms with Crippen LogP contribution in [0.25, 0.3) is 0 Å². The van der Waals surface area contributed by atoms with Gasteiger partial charge in [0.1, 0.15) is 0 Å². The Bertz CT molecular complexity index is 355. The average molecular weight is 455 g/mol. The number of unbranched alkanes of at least 4 members (excludes halogenated alkanes) is 17. The van der Waals surface area contributed by atoms with Gasteiger partial charge in [0.15, 0.2) is 0 Å². The van der Waals surface area contributed by atoms with Crippen LogP contribution in [0.3, 0.4) is 0 Å². The summed E-state index contributed by atoms with van der Waals surface area (Å²) in [4.78, 5) is 3.55. The highest BCUT2D eigenvalue weighted by molar-refractivity contribution is 7.80. The van der Waals surface area contributed by atoms with E-state index in [0.29, 0.717) is 0 Å². The first-order valence-electron chi connectivity index (χ1n) is 14.2. The fraction of sp³-hybridized carbons (Fsp3) is 0.964. The average Bonchev–Trinajstić information content (AvgIpc) is 2.78. The molecule has 2 nitrogen and oxygen atoms in total. The van der Waals surface area contributed by atoms with E-state index in [1.165, 1.54) is 129 Å². The van der Waals surface area contributed by atoms with Crippen molar-refractivity contribution in [2.45, 2.75) is 149 Å². The summed E-state index contributed by atoms with van der Waals surface area (Å²) >= 11 is 5.48. The molecule has 0 fully saturated rings. The summed E-state index contributed by atoms with van der Waals surface area (Å²) < 4.78 is 0. The van der Waals surface area contributed by atoms with Crippen LogP contribution < -0.4 is 5.32 Å². The van der Waals surface area contributed by atoms with Gasteiger partial charge in [-0.1, -0.05) is 142 Å². The van der Waals surface area contributed by atoms with Gasteiger partial charge in [-0.3, -0.25) is 0 Å². The molecule has 0 saturated heterocycles. The molecule has 31 heavy (non-hydrogen) atoms. The Morgan fingerprint density at radius 3 is 1.32 bits per heavy atom. The van der Waals surface area contributed by atoms with Gasteiger partial charge in [0.25, 0.3) is 0 Å². The minimum Gasteiger partial charge on any atom is -0.380 e. The van der Waals surface area contributed by atoms with Crippen LogP contribution in [0.5, 0.6) is 0 Å². The Morgan fingerprint density at radius 2 is 0.935 bits per heavy atom. The van der Waals surface area contributed by atoms with Crippen LogP contribution in [-0.4, -0.2) is 36.1 Å². The second kappa shape index (κ2) is 26.1.